The number of sulfonamides is 1. The summed E-state index contributed by atoms with van der Waals surface area (Å²) in [6.07, 6.45) is 3.24. The van der Waals surface area contributed by atoms with Gasteiger partial charge in [-0.05, 0) is 49.9 Å². The Hall–Kier alpha value is -1.42. The maximum absolute atomic E-state index is 12.2. The summed E-state index contributed by atoms with van der Waals surface area (Å²) in [6, 6.07) is 8.03. The number of benzene rings is 1. The van der Waals surface area contributed by atoms with Crippen LogP contribution in [0.25, 0.3) is 0 Å². The number of rotatable bonds is 3. The van der Waals surface area contributed by atoms with Crippen LogP contribution in [0.1, 0.15) is 31.2 Å². The predicted molar refractivity (Wildman–Crippen MR) is 71.7 cm³/mol. The van der Waals surface area contributed by atoms with E-state index in [0.717, 1.165) is 25.7 Å². The molecule has 0 spiro atoms. The minimum Gasteiger partial charge on any atom is -0.328 e. The van der Waals surface area contributed by atoms with Gasteiger partial charge in [0.2, 0.25) is 10.0 Å². The van der Waals surface area contributed by atoms with Crippen LogP contribution in [0.15, 0.2) is 29.2 Å². The highest BCUT2D eigenvalue weighted by atomic mass is 32.2. The van der Waals surface area contributed by atoms with E-state index in [-0.39, 0.29) is 17.0 Å². The summed E-state index contributed by atoms with van der Waals surface area (Å²) in [4.78, 5) is 0.196. The molecule has 0 saturated heterocycles. The summed E-state index contributed by atoms with van der Waals surface area (Å²) >= 11 is 0. The van der Waals surface area contributed by atoms with E-state index in [1.165, 1.54) is 24.3 Å². The highest BCUT2D eigenvalue weighted by Crippen LogP contribution is 2.19. The highest BCUT2D eigenvalue weighted by Gasteiger charge is 2.24. The predicted octanol–water partition coefficient (Wildman–Crippen LogP) is 1.11. The Balaban J connectivity index is 2.07. The lowest BCUT2D eigenvalue weighted by molar-refractivity contribution is 0.373. The minimum atomic E-state index is -3.50. The number of nitrogens with zero attached hydrogens (tertiary/aromatic N) is 1. The standard InChI is InChI=1S/C13H17N3O2S/c14-9-10-1-7-13(8-2-10)19(17,18)16-12-5-3-11(15)4-6-12/h1-2,7-8,11-12,16H,3-6,15H2. The van der Waals surface area contributed by atoms with Crippen molar-refractivity contribution in [2.75, 3.05) is 0 Å². The van der Waals surface area contributed by atoms with Crippen molar-refractivity contribution in [2.45, 2.75) is 42.7 Å². The minimum absolute atomic E-state index is 0.0413. The molecule has 1 aliphatic carbocycles. The van der Waals surface area contributed by atoms with Gasteiger partial charge in [0.15, 0.2) is 0 Å². The molecule has 1 aliphatic rings. The van der Waals surface area contributed by atoms with Crippen molar-refractivity contribution < 1.29 is 8.42 Å². The number of nitriles is 1. The van der Waals surface area contributed by atoms with Gasteiger partial charge in [-0.25, -0.2) is 13.1 Å². The van der Waals surface area contributed by atoms with Gasteiger partial charge in [-0.3, -0.25) is 0 Å². The van der Waals surface area contributed by atoms with E-state index in [2.05, 4.69) is 4.72 Å². The van der Waals surface area contributed by atoms with Crippen molar-refractivity contribution in [3.8, 4) is 6.07 Å². The first-order chi connectivity index (χ1) is 9.01. The molecule has 0 heterocycles. The average molecular weight is 279 g/mol. The van der Waals surface area contributed by atoms with E-state index in [9.17, 15) is 8.42 Å². The Bertz CT molecular complexity index is 567. The zero-order valence-electron chi connectivity index (χ0n) is 10.5. The molecule has 1 aromatic rings. The summed E-state index contributed by atoms with van der Waals surface area (Å²) < 4.78 is 27.0. The van der Waals surface area contributed by atoms with Crippen LogP contribution in [0, 0.1) is 11.3 Å². The molecule has 102 valence electrons. The Morgan fingerprint density at radius 3 is 2.26 bits per heavy atom. The van der Waals surface area contributed by atoms with Crippen LogP contribution >= 0.6 is 0 Å². The van der Waals surface area contributed by atoms with E-state index >= 15 is 0 Å². The second-order valence-electron chi connectivity index (χ2n) is 4.87. The molecule has 1 saturated carbocycles. The SMILES string of the molecule is N#Cc1ccc(S(=O)(=O)NC2CCC(N)CC2)cc1. The van der Waals surface area contributed by atoms with Crippen LogP contribution in [-0.4, -0.2) is 20.5 Å². The first-order valence-corrected chi connectivity index (χ1v) is 7.77. The van der Waals surface area contributed by atoms with Gasteiger partial charge in [-0.2, -0.15) is 5.26 Å². The maximum Gasteiger partial charge on any atom is 0.240 e. The van der Waals surface area contributed by atoms with Crippen molar-refractivity contribution >= 4 is 10.0 Å². The van der Waals surface area contributed by atoms with E-state index in [4.69, 9.17) is 11.0 Å². The molecule has 2 rings (SSSR count). The Morgan fingerprint density at radius 1 is 1.16 bits per heavy atom. The molecule has 0 aliphatic heterocycles. The topological polar surface area (TPSA) is 96.0 Å². The molecule has 0 radical (unpaired) electrons. The third kappa shape index (κ3) is 3.53. The molecule has 3 N–H and O–H groups in total. The molecule has 0 unspecified atom stereocenters. The van der Waals surface area contributed by atoms with E-state index in [0.29, 0.717) is 5.56 Å². The normalized spacial score (nSPS) is 23.8. The molecule has 0 atom stereocenters. The summed E-state index contributed by atoms with van der Waals surface area (Å²) in [5.74, 6) is 0. The number of hydrogen-bond donors (Lipinski definition) is 2. The quantitative estimate of drug-likeness (QED) is 0.866. The largest absolute Gasteiger partial charge is 0.328 e. The summed E-state index contributed by atoms with van der Waals surface area (Å²) in [6.45, 7) is 0. The molecule has 19 heavy (non-hydrogen) atoms. The molecule has 1 fully saturated rings. The molecular weight excluding hydrogens is 262 g/mol. The zero-order chi connectivity index (χ0) is 13.9. The molecule has 5 nitrogen and oxygen atoms in total. The zero-order valence-corrected chi connectivity index (χ0v) is 11.4. The second kappa shape index (κ2) is 5.70. The van der Waals surface area contributed by atoms with Gasteiger partial charge in [0.05, 0.1) is 16.5 Å². The van der Waals surface area contributed by atoms with Gasteiger partial charge < -0.3 is 5.73 Å². The van der Waals surface area contributed by atoms with Crippen LogP contribution in [-0.2, 0) is 10.0 Å². The van der Waals surface area contributed by atoms with Crippen molar-refractivity contribution in [1.82, 2.24) is 4.72 Å². The Labute approximate surface area is 113 Å². The fourth-order valence-electron chi connectivity index (χ4n) is 2.23. The van der Waals surface area contributed by atoms with Crippen LogP contribution in [0.4, 0.5) is 0 Å². The van der Waals surface area contributed by atoms with Crippen molar-refractivity contribution in [2.24, 2.45) is 5.73 Å². The van der Waals surface area contributed by atoms with Crippen LogP contribution in [0.5, 0.6) is 0 Å². The second-order valence-corrected chi connectivity index (χ2v) is 6.58. The summed E-state index contributed by atoms with van der Waals surface area (Å²) in [5, 5.41) is 8.69. The van der Waals surface area contributed by atoms with Gasteiger partial charge >= 0.3 is 0 Å². The Morgan fingerprint density at radius 2 is 1.74 bits per heavy atom. The van der Waals surface area contributed by atoms with E-state index in [1.54, 1.807) is 0 Å². The number of hydrogen-bond acceptors (Lipinski definition) is 4. The third-order valence-corrected chi connectivity index (χ3v) is 4.92. The highest BCUT2D eigenvalue weighted by molar-refractivity contribution is 7.89. The maximum atomic E-state index is 12.2. The van der Waals surface area contributed by atoms with Gasteiger partial charge in [0.1, 0.15) is 0 Å². The first kappa shape index (κ1) is 14.0. The lowest BCUT2D eigenvalue weighted by atomic mass is 9.93. The molecular formula is C13H17N3O2S. The smallest absolute Gasteiger partial charge is 0.240 e. The summed E-state index contributed by atoms with van der Waals surface area (Å²) in [7, 11) is -3.50. The van der Waals surface area contributed by atoms with E-state index in [1.807, 2.05) is 6.07 Å². The summed E-state index contributed by atoms with van der Waals surface area (Å²) in [5.41, 5.74) is 6.24. The van der Waals surface area contributed by atoms with Crippen molar-refractivity contribution in [3.05, 3.63) is 29.8 Å². The van der Waals surface area contributed by atoms with Crippen LogP contribution in [0.3, 0.4) is 0 Å². The van der Waals surface area contributed by atoms with Crippen LogP contribution in [0.2, 0.25) is 0 Å². The van der Waals surface area contributed by atoms with E-state index < -0.39 is 10.0 Å². The first-order valence-electron chi connectivity index (χ1n) is 6.29. The third-order valence-electron chi connectivity index (χ3n) is 3.39. The monoisotopic (exact) mass is 279 g/mol. The lowest BCUT2D eigenvalue weighted by Gasteiger charge is -2.26. The van der Waals surface area contributed by atoms with Gasteiger partial charge in [-0.15, -0.1) is 0 Å². The average Bonchev–Trinajstić information content (AvgIpc) is 2.41. The molecule has 0 bridgehead atoms. The molecule has 0 amide bonds. The molecule has 1 aromatic carbocycles. The fourth-order valence-corrected chi connectivity index (χ4v) is 3.54. The Kier molecular flexibility index (Phi) is 4.20. The lowest BCUT2D eigenvalue weighted by Crippen LogP contribution is -2.40. The van der Waals surface area contributed by atoms with Crippen molar-refractivity contribution in [3.63, 3.8) is 0 Å². The van der Waals surface area contributed by atoms with Gasteiger partial charge in [0.25, 0.3) is 0 Å². The van der Waals surface area contributed by atoms with Gasteiger partial charge in [0, 0.05) is 12.1 Å². The van der Waals surface area contributed by atoms with Crippen LogP contribution < -0.4 is 10.5 Å². The molecule has 6 heteroatoms. The number of nitrogens with two attached hydrogens (primary N) is 1. The molecule has 0 aromatic heterocycles. The fraction of sp³-hybridized carbons (Fsp3) is 0.462. The van der Waals surface area contributed by atoms with Gasteiger partial charge in [-0.1, -0.05) is 0 Å². The van der Waals surface area contributed by atoms with Crippen molar-refractivity contribution in [1.29, 1.82) is 5.26 Å². The number of nitrogens with one attached hydrogen (secondary N) is 1.